The van der Waals surface area contributed by atoms with Gasteiger partial charge >= 0.3 is 0 Å². The van der Waals surface area contributed by atoms with E-state index in [2.05, 4.69) is 4.72 Å². The summed E-state index contributed by atoms with van der Waals surface area (Å²) in [5, 5.41) is 10.7. The third-order valence-electron chi connectivity index (χ3n) is 6.37. The lowest BCUT2D eigenvalue weighted by Gasteiger charge is -2.38. The first kappa shape index (κ1) is 25.3. The number of carbonyl (C=O) groups is 1. The summed E-state index contributed by atoms with van der Waals surface area (Å²) in [7, 11) is 0. The smallest absolute Gasteiger partial charge is 0.254 e. The predicted octanol–water partition coefficient (Wildman–Crippen LogP) is 3.49. The minimum absolute atomic E-state index is 0.0363. The molecule has 0 radical (unpaired) electrons. The van der Waals surface area contributed by atoms with E-state index in [1.807, 2.05) is 59.4 Å². The minimum atomic E-state index is -1.30. The maximum absolute atomic E-state index is 13.0. The number of benzene rings is 1. The lowest BCUT2D eigenvalue weighted by molar-refractivity contribution is -0.161. The molecule has 2 aliphatic heterocycles. The van der Waals surface area contributed by atoms with E-state index in [9.17, 15) is 14.5 Å². The van der Waals surface area contributed by atoms with Crippen molar-refractivity contribution in [3.05, 3.63) is 28.8 Å². The number of nitrogens with one attached hydrogen (secondary N) is 1. The second kappa shape index (κ2) is 9.50. The predicted molar refractivity (Wildman–Crippen MR) is 126 cm³/mol. The number of likely N-dealkylation sites (tertiary alicyclic amines) is 1. The van der Waals surface area contributed by atoms with E-state index in [4.69, 9.17) is 9.47 Å². The Morgan fingerprint density at radius 1 is 1.25 bits per heavy atom. The van der Waals surface area contributed by atoms with Gasteiger partial charge in [-0.3, -0.25) is 4.79 Å². The lowest BCUT2D eigenvalue weighted by atomic mass is 9.84. The number of nitrogens with zero attached hydrogens (tertiary/aromatic N) is 1. The summed E-state index contributed by atoms with van der Waals surface area (Å²) in [6, 6.07) is 3.50. The Bertz CT molecular complexity index is 830. The van der Waals surface area contributed by atoms with Crippen molar-refractivity contribution in [1.29, 1.82) is 0 Å². The van der Waals surface area contributed by atoms with E-state index in [-0.39, 0.29) is 30.2 Å². The molecule has 1 amide bonds. The zero-order valence-corrected chi connectivity index (χ0v) is 21.2. The molecule has 0 aromatic heterocycles. The Kier molecular flexibility index (Phi) is 7.52. The van der Waals surface area contributed by atoms with Gasteiger partial charge in [0.15, 0.2) is 11.9 Å². The molecule has 2 N–H and O–H groups in total. The number of carbonyl (C=O) groups excluding carboxylic acids is 1. The third kappa shape index (κ3) is 5.78. The van der Waals surface area contributed by atoms with E-state index in [1.165, 1.54) is 0 Å². The SMILES string of the molecule is Cc1cc(O)c(C(N[S@@+]([O-])C(C)(C)C)C2CCN(C(=O)[C@H]3COC(C)(C)O3)CC2)cc1C. The minimum Gasteiger partial charge on any atom is -0.598 e. The average Bonchev–Trinajstić information content (AvgIpc) is 3.07. The quantitative estimate of drug-likeness (QED) is 0.645. The molecular weight excluding hydrogens is 428 g/mol. The van der Waals surface area contributed by atoms with Gasteiger partial charge in [0, 0.05) is 30.0 Å². The lowest BCUT2D eigenvalue weighted by Crippen LogP contribution is -2.48. The molecule has 3 atom stereocenters. The van der Waals surface area contributed by atoms with Crippen LogP contribution in [0, 0.1) is 19.8 Å². The van der Waals surface area contributed by atoms with Gasteiger partial charge in [-0.05, 0) is 84.4 Å². The van der Waals surface area contributed by atoms with Crippen molar-refractivity contribution in [2.24, 2.45) is 5.92 Å². The first-order chi connectivity index (χ1) is 14.8. The van der Waals surface area contributed by atoms with Crippen LogP contribution in [0.5, 0.6) is 5.75 Å². The molecule has 0 spiro atoms. The van der Waals surface area contributed by atoms with Crippen LogP contribution in [-0.2, 0) is 25.6 Å². The normalized spacial score (nSPS) is 23.9. The average molecular weight is 467 g/mol. The Balaban J connectivity index is 1.75. The summed E-state index contributed by atoms with van der Waals surface area (Å²) in [6.07, 6.45) is 0.926. The second-order valence-corrected chi connectivity index (χ2v) is 12.4. The Hall–Kier alpha value is -1.32. The molecule has 3 rings (SSSR count). The zero-order chi connectivity index (χ0) is 23.8. The second-order valence-electron chi connectivity index (χ2n) is 10.5. The van der Waals surface area contributed by atoms with Gasteiger partial charge < -0.3 is 24.0 Å². The molecule has 180 valence electrons. The van der Waals surface area contributed by atoms with Crippen LogP contribution in [0.25, 0.3) is 0 Å². The largest absolute Gasteiger partial charge is 0.598 e. The van der Waals surface area contributed by atoms with Crippen molar-refractivity contribution >= 4 is 17.3 Å². The van der Waals surface area contributed by atoms with Gasteiger partial charge in [0.1, 0.15) is 10.5 Å². The fourth-order valence-corrected chi connectivity index (χ4v) is 5.15. The molecule has 1 unspecified atom stereocenters. The number of aryl methyl sites for hydroxylation is 2. The van der Waals surface area contributed by atoms with Crippen LogP contribution < -0.4 is 4.72 Å². The fourth-order valence-electron chi connectivity index (χ4n) is 4.24. The Morgan fingerprint density at radius 3 is 2.38 bits per heavy atom. The number of piperidine rings is 1. The van der Waals surface area contributed by atoms with Gasteiger partial charge in [-0.15, -0.1) is 4.72 Å². The molecule has 0 aliphatic carbocycles. The molecule has 0 bridgehead atoms. The van der Waals surface area contributed by atoms with Crippen LogP contribution in [0.15, 0.2) is 12.1 Å². The zero-order valence-electron chi connectivity index (χ0n) is 20.4. The number of rotatable bonds is 5. The van der Waals surface area contributed by atoms with Crippen molar-refractivity contribution in [2.75, 3.05) is 19.7 Å². The maximum atomic E-state index is 13.0. The van der Waals surface area contributed by atoms with E-state index >= 15 is 0 Å². The van der Waals surface area contributed by atoms with Crippen LogP contribution in [0.4, 0.5) is 0 Å². The molecule has 1 aromatic carbocycles. The van der Waals surface area contributed by atoms with Crippen LogP contribution in [0.2, 0.25) is 0 Å². The van der Waals surface area contributed by atoms with Crippen molar-refractivity contribution in [2.45, 2.75) is 84.0 Å². The first-order valence-corrected chi connectivity index (χ1v) is 12.5. The number of hydrogen-bond acceptors (Lipinski definition) is 6. The van der Waals surface area contributed by atoms with Crippen LogP contribution in [0.3, 0.4) is 0 Å². The number of amides is 1. The molecule has 32 heavy (non-hydrogen) atoms. The fraction of sp³-hybridized carbons (Fsp3) is 0.708. The summed E-state index contributed by atoms with van der Waals surface area (Å²) in [4.78, 5) is 14.7. The standard InChI is InChI=1S/C24H38N2O5S/c1-15-12-18(19(27)13-16(15)2)21(25-32(29)23(3,4)5)17-8-10-26(11-9-17)22(28)20-14-30-24(6,7)31-20/h12-13,17,20-21,25,27H,8-11,14H2,1-7H3/t20-,21?,32+/m1/s1. The number of phenolic OH excluding ortho intramolecular Hbond substituents is 1. The highest BCUT2D eigenvalue weighted by Crippen LogP contribution is 2.38. The molecule has 0 saturated carbocycles. The van der Waals surface area contributed by atoms with E-state index < -0.39 is 28.0 Å². The number of ether oxygens (including phenoxy) is 2. The Labute approximate surface area is 195 Å². The highest BCUT2D eigenvalue weighted by atomic mass is 32.2. The first-order valence-electron chi connectivity index (χ1n) is 11.4. The van der Waals surface area contributed by atoms with Crippen molar-refractivity contribution in [3.63, 3.8) is 0 Å². The van der Waals surface area contributed by atoms with Crippen LogP contribution in [-0.4, -0.2) is 56.8 Å². The molecule has 1 aromatic rings. The monoisotopic (exact) mass is 466 g/mol. The molecule has 2 heterocycles. The molecule has 8 heteroatoms. The summed E-state index contributed by atoms with van der Waals surface area (Å²) in [5.41, 5.74) is 2.87. The van der Waals surface area contributed by atoms with Gasteiger partial charge in [0.2, 0.25) is 0 Å². The third-order valence-corrected chi connectivity index (χ3v) is 7.96. The molecule has 7 nitrogen and oxygen atoms in total. The topological polar surface area (TPSA) is 94.1 Å². The van der Waals surface area contributed by atoms with Crippen molar-refractivity contribution < 1.29 is 23.9 Å². The summed E-state index contributed by atoms with van der Waals surface area (Å²) < 4.78 is 27.1. The van der Waals surface area contributed by atoms with Gasteiger partial charge in [-0.1, -0.05) is 6.07 Å². The van der Waals surface area contributed by atoms with E-state index in [1.54, 1.807) is 6.07 Å². The highest BCUT2D eigenvalue weighted by Gasteiger charge is 2.41. The van der Waals surface area contributed by atoms with Crippen LogP contribution in [0.1, 0.15) is 70.2 Å². The molecule has 2 aliphatic rings. The Morgan fingerprint density at radius 2 is 1.84 bits per heavy atom. The van der Waals surface area contributed by atoms with E-state index in [0.29, 0.717) is 13.1 Å². The molecule has 2 saturated heterocycles. The summed E-state index contributed by atoms with van der Waals surface area (Å²) in [6.45, 7) is 14.9. The van der Waals surface area contributed by atoms with Gasteiger partial charge in [0.25, 0.3) is 5.91 Å². The highest BCUT2D eigenvalue weighted by molar-refractivity contribution is 7.90. The maximum Gasteiger partial charge on any atom is 0.254 e. The van der Waals surface area contributed by atoms with Crippen molar-refractivity contribution in [3.8, 4) is 5.75 Å². The summed E-state index contributed by atoms with van der Waals surface area (Å²) >= 11 is -1.30. The molecular formula is C24H38N2O5S. The van der Waals surface area contributed by atoms with Crippen LogP contribution >= 0.6 is 0 Å². The number of phenols is 1. The number of aromatic hydroxyl groups is 1. The van der Waals surface area contributed by atoms with E-state index in [0.717, 1.165) is 29.5 Å². The van der Waals surface area contributed by atoms with Gasteiger partial charge in [0.05, 0.1) is 12.6 Å². The van der Waals surface area contributed by atoms with Gasteiger partial charge in [-0.2, -0.15) is 0 Å². The van der Waals surface area contributed by atoms with Gasteiger partial charge in [-0.25, -0.2) is 0 Å². The number of hydrogen-bond donors (Lipinski definition) is 2. The van der Waals surface area contributed by atoms with Crippen molar-refractivity contribution in [1.82, 2.24) is 9.62 Å². The summed E-state index contributed by atoms with van der Waals surface area (Å²) in [5.74, 6) is -0.416. The molecule has 2 fully saturated rings.